The number of phenols is 1. The largest absolute Gasteiger partial charge is 0.508 e. The van der Waals surface area contributed by atoms with E-state index in [4.69, 9.17) is 4.42 Å². The Hall–Kier alpha value is -2.76. The van der Waals surface area contributed by atoms with Gasteiger partial charge in [0.25, 0.3) is 5.91 Å². The van der Waals surface area contributed by atoms with Crippen LogP contribution in [0.2, 0.25) is 0 Å². The zero-order valence-corrected chi connectivity index (χ0v) is 15.4. The van der Waals surface area contributed by atoms with Gasteiger partial charge in [0, 0.05) is 17.5 Å². The Kier molecular flexibility index (Phi) is 4.64. The van der Waals surface area contributed by atoms with Crippen LogP contribution in [0.5, 0.6) is 5.75 Å². The van der Waals surface area contributed by atoms with Crippen LogP contribution in [0.3, 0.4) is 0 Å². The first kappa shape index (κ1) is 17.6. The van der Waals surface area contributed by atoms with Crippen LogP contribution in [0.15, 0.2) is 40.8 Å². The topological polar surface area (TPSA) is 82.8 Å². The summed E-state index contributed by atoms with van der Waals surface area (Å²) in [5.74, 6) is 2.68. The third-order valence-corrected chi connectivity index (χ3v) is 5.32. The van der Waals surface area contributed by atoms with Gasteiger partial charge in [0.15, 0.2) is 0 Å². The van der Waals surface area contributed by atoms with Crippen molar-refractivity contribution in [2.24, 2.45) is 5.92 Å². The molecule has 2 saturated carbocycles. The van der Waals surface area contributed by atoms with Crippen LogP contribution in [0, 0.1) is 5.92 Å². The Labute approximate surface area is 158 Å². The summed E-state index contributed by atoms with van der Waals surface area (Å²) in [6.45, 7) is 2.60. The molecule has 2 fully saturated rings. The lowest BCUT2D eigenvalue weighted by atomic mass is 10.2. The van der Waals surface area contributed by atoms with Crippen LogP contribution < -0.4 is 5.32 Å². The van der Waals surface area contributed by atoms with Crippen LogP contribution in [0.4, 0.5) is 0 Å². The fraction of sp³-hybridized carbons (Fsp3) is 0.429. The van der Waals surface area contributed by atoms with Gasteiger partial charge in [-0.2, -0.15) is 0 Å². The molecule has 2 aromatic rings. The predicted molar refractivity (Wildman–Crippen MR) is 99.2 cm³/mol. The fourth-order valence-electron chi connectivity index (χ4n) is 3.34. The molecule has 2 unspecified atom stereocenters. The molecule has 142 valence electrons. The van der Waals surface area contributed by atoms with Gasteiger partial charge >= 0.3 is 0 Å². The number of aromatic hydroxyl groups is 1. The number of carbonyl (C=O) groups is 2. The molecular formula is C21H24N2O4. The molecule has 2 amide bonds. The highest BCUT2D eigenvalue weighted by Crippen LogP contribution is 2.47. The average Bonchev–Trinajstić information content (AvgIpc) is 3.58. The molecule has 2 N–H and O–H groups in total. The van der Waals surface area contributed by atoms with Gasteiger partial charge in [-0.25, -0.2) is 0 Å². The van der Waals surface area contributed by atoms with E-state index in [2.05, 4.69) is 12.2 Å². The van der Waals surface area contributed by atoms with E-state index in [-0.39, 0.29) is 30.2 Å². The molecule has 1 aromatic heterocycles. The maximum Gasteiger partial charge on any atom is 0.251 e. The summed E-state index contributed by atoms with van der Waals surface area (Å²) < 4.78 is 5.94. The van der Waals surface area contributed by atoms with Gasteiger partial charge in [-0.15, -0.1) is 0 Å². The number of nitrogens with zero attached hydrogens (tertiary/aromatic N) is 1. The maximum absolute atomic E-state index is 12.7. The van der Waals surface area contributed by atoms with Crippen molar-refractivity contribution in [3.05, 3.63) is 53.5 Å². The zero-order valence-electron chi connectivity index (χ0n) is 15.4. The van der Waals surface area contributed by atoms with E-state index in [1.807, 2.05) is 12.1 Å². The van der Waals surface area contributed by atoms with Crippen molar-refractivity contribution >= 4 is 11.8 Å². The number of benzene rings is 1. The van der Waals surface area contributed by atoms with E-state index in [0.29, 0.717) is 23.9 Å². The highest BCUT2D eigenvalue weighted by Gasteiger charge is 2.37. The van der Waals surface area contributed by atoms with E-state index < -0.39 is 0 Å². The first-order valence-electron chi connectivity index (χ1n) is 9.46. The summed E-state index contributed by atoms with van der Waals surface area (Å²) in [6, 6.07) is 10.2. The van der Waals surface area contributed by atoms with E-state index in [9.17, 15) is 14.7 Å². The molecule has 2 aliphatic carbocycles. The molecule has 1 heterocycles. The first-order valence-corrected chi connectivity index (χ1v) is 9.46. The van der Waals surface area contributed by atoms with Gasteiger partial charge in [0.05, 0.1) is 13.1 Å². The Balaban J connectivity index is 1.34. The highest BCUT2D eigenvalue weighted by atomic mass is 16.3. The summed E-state index contributed by atoms with van der Waals surface area (Å²) in [7, 11) is 0. The minimum absolute atomic E-state index is 0.0521. The van der Waals surface area contributed by atoms with E-state index in [1.165, 1.54) is 30.7 Å². The summed E-state index contributed by atoms with van der Waals surface area (Å²) >= 11 is 0. The third-order valence-electron chi connectivity index (χ3n) is 5.32. The van der Waals surface area contributed by atoms with Gasteiger partial charge in [-0.3, -0.25) is 9.59 Å². The molecule has 4 rings (SSSR count). The van der Waals surface area contributed by atoms with Crippen LogP contribution in [0.25, 0.3) is 0 Å². The number of hydrogen-bond donors (Lipinski definition) is 2. The summed E-state index contributed by atoms with van der Waals surface area (Å²) in [5, 5.41) is 12.0. The zero-order chi connectivity index (χ0) is 19.0. The minimum atomic E-state index is -0.331. The molecule has 0 bridgehead atoms. The summed E-state index contributed by atoms with van der Waals surface area (Å²) in [6.07, 6.45) is 3.15. The van der Waals surface area contributed by atoms with Crippen molar-refractivity contribution in [2.75, 3.05) is 6.54 Å². The Bertz CT molecular complexity index is 838. The molecule has 2 atom stereocenters. The van der Waals surface area contributed by atoms with E-state index in [0.717, 1.165) is 24.4 Å². The molecule has 2 aliphatic rings. The number of furan rings is 1. The van der Waals surface area contributed by atoms with Crippen molar-refractivity contribution in [3.63, 3.8) is 0 Å². The van der Waals surface area contributed by atoms with Crippen LogP contribution in [0.1, 0.15) is 54.0 Å². The minimum Gasteiger partial charge on any atom is -0.508 e. The standard InChI is InChI=1S/C21H24N2O4/c1-13-10-18(13)19-9-8-17(27-19)12-23(15-4-5-15)20(25)11-22-21(26)14-2-6-16(24)7-3-14/h2-3,6-9,13,15,18,24H,4-5,10-12H2,1H3,(H,22,26). The smallest absolute Gasteiger partial charge is 0.251 e. The van der Waals surface area contributed by atoms with Crippen LogP contribution >= 0.6 is 0 Å². The summed E-state index contributed by atoms with van der Waals surface area (Å²) in [5.41, 5.74) is 0.410. The normalized spacial score (nSPS) is 20.9. The molecule has 0 saturated heterocycles. The second kappa shape index (κ2) is 7.10. The quantitative estimate of drug-likeness (QED) is 0.787. The molecule has 0 aliphatic heterocycles. The lowest BCUT2D eigenvalue weighted by Crippen LogP contribution is -2.41. The molecular weight excluding hydrogens is 344 g/mol. The average molecular weight is 368 g/mol. The monoisotopic (exact) mass is 368 g/mol. The number of rotatable bonds is 7. The van der Waals surface area contributed by atoms with Crippen molar-refractivity contribution in [2.45, 2.75) is 44.7 Å². The van der Waals surface area contributed by atoms with Crippen molar-refractivity contribution in [3.8, 4) is 5.75 Å². The predicted octanol–water partition coefficient (Wildman–Crippen LogP) is 3.03. The van der Waals surface area contributed by atoms with Crippen molar-refractivity contribution in [1.82, 2.24) is 10.2 Å². The molecule has 0 radical (unpaired) electrons. The van der Waals surface area contributed by atoms with Gasteiger partial charge < -0.3 is 19.7 Å². The second-order valence-electron chi connectivity index (χ2n) is 7.61. The third kappa shape index (κ3) is 4.15. The van der Waals surface area contributed by atoms with E-state index in [1.54, 1.807) is 4.90 Å². The maximum atomic E-state index is 12.7. The SMILES string of the molecule is CC1CC1c1ccc(CN(C(=O)CNC(=O)c2ccc(O)cc2)C2CC2)o1. The molecule has 6 nitrogen and oxygen atoms in total. The number of carbonyl (C=O) groups excluding carboxylic acids is 2. The molecule has 1 aromatic carbocycles. The Morgan fingerprint density at radius 2 is 1.89 bits per heavy atom. The lowest BCUT2D eigenvalue weighted by molar-refractivity contribution is -0.131. The van der Waals surface area contributed by atoms with Crippen molar-refractivity contribution < 1.29 is 19.1 Å². The highest BCUT2D eigenvalue weighted by molar-refractivity contribution is 5.96. The lowest BCUT2D eigenvalue weighted by Gasteiger charge is -2.21. The van der Waals surface area contributed by atoms with Crippen LogP contribution in [-0.2, 0) is 11.3 Å². The number of amides is 2. The number of phenolic OH excluding ortho intramolecular Hbond substituents is 1. The van der Waals surface area contributed by atoms with Gasteiger partial charge in [-0.1, -0.05) is 6.92 Å². The first-order chi connectivity index (χ1) is 13.0. The van der Waals surface area contributed by atoms with E-state index >= 15 is 0 Å². The molecule has 27 heavy (non-hydrogen) atoms. The Morgan fingerprint density at radius 1 is 1.19 bits per heavy atom. The van der Waals surface area contributed by atoms with Gasteiger partial charge in [0.2, 0.25) is 5.91 Å². The Morgan fingerprint density at radius 3 is 2.52 bits per heavy atom. The summed E-state index contributed by atoms with van der Waals surface area (Å²) in [4.78, 5) is 26.6. The van der Waals surface area contributed by atoms with Crippen LogP contribution in [-0.4, -0.2) is 34.4 Å². The number of nitrogens with one attached hydrogen (secondary N) is 1. The molecule has 6 heteroatoms. The van der Waals surface area contributed by atoms with Crippen molar-refractivity contribution in [1.29, 1.82) is 0 Å². The number of hydrogen-bond acceptors (Lipinski definition) is 4. The molecule has 0 spiro atoms. The fourth-order valence-corrected chi connectivity index (χ4v) is 3.34. The van der Waals surface area contributed by atoms with Gasteiger partial charge in [-0.05, 0) is 61.6 Å². The van der Waals surface area contributed by atoms with Gasteiger partial charge in [0.1, 0.15) is 17.3 Å². The second-order valence-corrected chi connectivity index (χ2v) is 7.61.